The van der Waals surface area contributed by atoms with Crippen LogP contribution in [-0.2, 0) is 6.42 Å². The van der Waals surface area contributed by atoms with E-state index in [9.17, 15) is 5.11 Å². The Morgan fingerprint density at radius 2 is 2.10 bits per heavy atom. The maximum atomic E-state index is 10.7. The summed E-state index contributed by atoms with van der Waals surface area (Å²) in [5.74, 6) is 1.69. The molecule has 1 N–H and O–H groups in total. The number of rotatable bonds is 5. The second kappa shape index (κ2) is 6.19. The van der Waals surface area contributed by atoms with Crippen LogP contribution in [0, 0.1) is 0 Å². The van der Waals surface area contributed by atoms with Gasteiger partial charge < -0.3 is 14.6 Å². The number of para-hydroxylation sites is 1. The lowest BCUT2D eigenvalue weighted by Gasteiger charge is -2.17. The molecule has 2 aromatic rings. The van der Waals surface area contributed by atoms with Crippen molar-refractivity contribution in [2.75, 3.05) is 13.2 Å². The summed E-state index contributed by atoms with van der Waals surface area (Å²) in [5, 5.41) is 10.7. The van der Waals surface area contributed by atoms with Gasteiger partial charge in [-0.3, -0.25) is 0 Å². The fraction of sp³-hybridized carbons (Fsp3) is 0.333. The second-order valence-electron chi connectivity index (χ2n) is 5.25. The highest BCUT2D eigenvalue weighted by Crippen LogP contribution is 2.33. The van der Waals surface area contributed by atoms with Gasteiger partial charge >= 0.3 is 0 Å². The van der Waals surface area contributed by atoms with E-state index in [1.807, 2.05) is 42.5 Å². The van der Waals surface area contributed by atoms with E-state index in [-0.39, 0.29) is 0 Å². The van der Waals surface area contributed by atoms with Gasteiger partial charge in [0.25, 0.3) is 0 Å². The number of aliphatic hydroxyl groups excluding tert-OH is 1. The number of hydrogen-bond acceptors (Lipinski definition) is 3. The lowest BCUT2D eigenvalue weighted by Crippen LogP contribution is -2.05. The first kappa shape index (κ1) is 14.0. The Bertz CT molecular complexity index is 622. The van der Waals surface area contributed by atoms with Gasteiger partial charge in [-0.1, -0.05) is 31.2 Å². The number of fused-ring (bicyclic) bond motifs is 1. The number of ether oxygens (including phenoxy) is 2. The molecule has 2 aromatic carbocycles. The van der Waals surface area contributed by atoms with Crippen LogP contribution in [0.4, 0.5) is 0 Å². The average Bonchev–Trinajstić information content (AvgIpc) is 3.00. The number of aliphatic hydroxyl groups is 1. The third-order valence-electron chi connectivity index (χ3n) is 3.70. The third kappa shape index (κ3) is 2.88. The maximum Gasteiger partial charge on any atom is 0.125 e. The molecule has 0 aliphatic carbocycles. The van der Waals surface area contributed by atoms with E-state index in [0.29, 0.717) is 6.61 Å². The van der Waals surface area contributed by atoms with Crippen molar-refractivity contribution >= 4 is 0 Å². The van der Waals surface area contributed by atoms with Gasteiger partial charge in [-0.2, -0.15) is 0 Å². The molecule has 3 nitrogen and oxygen atoms in total. The highest BCUT2D eigenvalue weighted by molar-refractivity contribution is 5.45. The van der Waals surface area contributed by atoms with Gasteiger partial charge in [-0.25, -0.2) is 0 Å². The molecule has 0 radical (unpaired) electrons. The van der Waals surface area contributed by atoms with Crippen LogP contribution in [0.3, 0.4) is 0 Å². The molecule has 1 aliphatic rings. The number of hydrogen-bond donors (Lipinski definition) is 1. The molecule has 3 rings (SSSR count). The maximum absolute atomic E-state index is 10.7. The summed E-state index contributed by atoms with van der Waals surface area (Å²) in [6.07, 6.45) is 1.17. The van der Waals surface area contributed by atoms with Gasteiger partial charge in [0.1, 0.15) is 17.6 Å². The summed E-state index contributed by atoms with van der Waals surface area (Å²) in [5.41, 5.74) is 2.86. The first-order valence-electron chi connectivity index (χ1n) is 7.45. The zero-order valence-corrected chi connectivity index (χ0v) is 12.2. The minimum absolute atomic E-state index is 0.655. The summed E-state index contributed by atoms with van der Waals surface area (Å²) in [7, 11) is 0. The van der Waals surface area contributed by atoms with Crippen molar-refractivity contribution in [1.82, 2.24) is 0 Å². The molecular weight excluding hydrogens is 264 g/mol. The SMILES string of the molecule is CCCOc1ccccc1C(O)c1ccc2c(c1)CCO2. The lowest BCUT2D eigenvalue weighted by atomic mass is 9.98. The molecule has 3 heteroatoms. The fourth-order valence-corrected chi connectivity index (χ4v) is 2.61. The second-order valence-corrected chi connectivity index (χ2v) is 5.25. The molecule has 0 fully saturated rings. The van der Waals surface area contributed by atoms with Gasteiger partial charge in [-0.15, -0.1) is 0 Å². The van der Waals surface area contributed by atoms with Crippen LogP contribution in [0.1, 0.15) is 36.1 Å². The molecule has 1 unspecified atom stereocenters. The standard InChI is InChI=1S/C18H20O3/c1-2-10-20-17-6-4-3-5-15(17)18(19)14-7-8-16-13(12-14)9-11-21-16/h3-8,12,18-19H,2,9-11H2,1H3. The fourth-order valence-electron chi connectivity index (χ4n) is 2.61. The molecule has 0 spiro atoms. The molecule has 0 bridgehead atoms. The van der Waals surface area contributed by atoms with Crippen molar-refractivity contribution in [2.45, 2.75) is 25.9 Å². The van der Waals surface area contributed by atoms with Crippen molar-refractivity contribution in [3.05, 3.63) is 59.2 Å². The highest BCUT2D eigenvalue weighted by atomic mass is 16.5. The predicted octanol–water partition coefficient (Wildman–Crippen LogP) is 3.49. The Balaban J connectivity index is 1.89. The molecule has 0 amide bonds. The molecule has 1 atom stereocenters. The molecular formula is C18H20O3. The molecule has 1 aliphatic heterocycles. The van der Waals surface area contributed by atoms with Crippen LogP contribution in [0.15, 0.2) is 42.5 Å². The molecule has 0 saturated heterocycles. The third-order valence-corrected chi connectivity index (χ3v) is 3.70. The van der Waals surface area contributed by atoms with Gasteiger partial charge in [-0.05, 0) is 35.7 Å². The van der Waals surface area contributed by atoms with E-state index in [4.69, 9.17) is 9.47 Å². The van der Waals surface area contributed by atoms with Gasteiger partial charge in [0, 0.05) is 12.0 Å². The summed E-state index contributed by atoms with van der Waals surface area (Å²) in [4.78, 5) is 0. The highest BCUT2D eigenvalue weighted by Gasteiger charge is 2.19. The normalized spacial score (nSPS) is 14.4. The summed E-state index contributed by atoms with van der Waals surface area (Å²) < 4.78 is 11.2. The van der Waals surface area contributed by atoms with Crippen LogP contribution in [0.2, 0.25) is 0 Å². The van der Waals surface area contributed by atoms with Gasteiger partial charge in [0.15, 0.2) is 0 Å². The van der Waals surface area contributed by atoms with E-state index in [2.05, 4.69) is 6.92 Å². The Morgan fingerprint density at radius 3 is 2.95 bits per heavy atom. The quantitative estimate of drug-likeness (QED) is 0.913. The molecule has 0 saturated carbocycles. The van der Waals surface area contributed by atoms with E-state index in [1.54, 1.807) is 0 Å². The number of benzene rings is 2. The smallest absolute Gasteiger partial charge is 0.125 e. The largest absolute Gasteiger partial charge is 0.493 e. The van der Waals surface area contributed by atoms with Crippen molar-refractivity contribution in [3.8, 4) is 11.5 Å². The van der Waals surface area contributed by atoms with Crippen molar-refractivity contribution in [1.29, 1.82) is 0 Å². The van der Waals surface area contributed by atoms with Crippen molar-refractivity contribution < 1.29 is 14.6 Å². The molecule has 0 aromatic heterocycles. The Kier molecular flexibility index (Phi) is 4.11. The summed E-state index contributed by atoms with van der Waals surface area (Å²) in [6.45, 7) is 3.45. The zero-order valence-electron chi connectivity index (χ0n) is 12.2. The van der Waals surface area contributed by atoms with Crippen LogP contribution >= 0.6 is 0 Å². The summed E-state index contributed by atoms with van der Waals surface area (Å²) in [6, 6.07) is 13.6. The van der Waals surface area contributed by atoms with Crippen LogP contribution in [0.5, 0.6) is 11.5 Å². The Labute approximate surface area is 125 Å². The minimum Gasteiger partial charge on any atom is -0.493 e. The summed E-state index contributed by atoms with van der Waals surface area (Å²) >= 11 is 0. The predicted molar refractivity (Wildman–Crippen MR) is 81.9 cm³/mol. The van der Waals surface area contributed by atoms with Crippen LogP contribution < -0.4 is 9.47 Å². The molecule has 1 heterocycles. The topological polar surface area (TPSA) is 38.7 Å². The van der Waals surface area contributed by atoms with E-state index in [0.717, 1.165) is 42.1 Å². The van der Waals surface area contributed by atoms with Crippen molar-refractivity contribution in [2.24, 2.45) is 0 Å². The minimum atomic E-state index is -0.677. The van der Waals surface area contributed by atoms with Crippen LogP contribution in [-0.4, -0.2) is 18.3 Å². The molecule has 21 heavy (non-hydrogen) atoms. The monoisotopic (exact) mass is 284 g/mol. The van der Waals surface area contributed by atoms with E-state index in [1.165, 1.54) is 5.56 Å². The van der Waals surface area contributed by atoms with Crippen LogP contribution in [0.25, 0.3) is 0 Å². The first-order valence-corrected chi connectivity index (χ1v) is 7.45. The van der Waals surface area contributed by atoms with E-state index < -0.39 is 6.10 Å². The van der Waals surface area contributed by atoms with Gasteiger partial charge in [0.05, 0.1) is 13.2 Å². The van der Waals surface area contributed by atoms with E-state index >= 15 is 0 Å². The van der Waals surface area contributed by atoms with Crippen molar-refractivity contribution in [3.63, 3.8) is 0 Å². The van der Waals surface area contributed by atoms with Gasteiger partial charge in [0.2, 0.25) is 0 Å². The zero-order chi connectivity index (χ0) is 14.7. The average molecular weight is 284 g/mol. The molecule has 110 valence electrons. The lowest BCUT2D eigenvalue weighted by molar-refractivity contribution is 0.210. The Hall–Kier alpha value is -2.00. The first-order chi connectivity index (χ1) is 10.3. The Morgan fingerprint density at radius 1 is 1.24 bits per heavy atom.